The van der Waals surface area contributed by atoms with Gasteiger partial charge in [0.25, 0.3) is 0 Å². The van der Waals surface area contributed by atoms with Gasteiger partial charge in [-0.15, -0.1) is 0 Å². The molecule has 0 amide bonds. The van der Waals surface area contributed by atoms with Crippen LogP contribution in [0.4, 0.5) is 0 Å². The quantitative estimate of drug-likeness (QED) is 0.618. The standard InChI is InChI=1S/C17H26N2O/c1-3-17(4-2,15-10-6-5-7-11-15)16(19-18)14-9-8-12-20-13-14/h5-7,10-11,13,16,19H,3-4,8-9,12,18H2,1-2H3. The summed E-state index contributed by atoms with van der Waals surface area (Å²) >= 11 is 0. The van der Waals surface area contributed by atoms with Gasteiger partial charge in [-0.1, -0.05) is 44.2 Å². The van der Waals surface area contributed by atoms with Crippen molar-refractivity contribution < 1.29 is 4.74 Å². The minimum absolute atomic E-state index is 0.0164. The fourth-order valence-corrected chi connectivity index (χ4v) is 3.42. The molecule has 110 valence electrons. The maximum Gasteiger partial charge on any atom is 0.0876 e. The second-order valence-corrected chi connectivity index (χ2v) is 5.50. The van der Waals surface area contributed by atoms with Gasteiger partial charge in [0, 0.05) is 5.41 Å². The Hall–Kier alpha value is -1.32. The van der Waals surface area contributed by atoms with Crippen molar-refractivity contribution in [1.29, 1.82) is 0 Å². The van der Waals surface area contributed by atoms with Crippen molar-refractivity contribution in [3.05, 3.63) is 47.7 Å². The van der Waals surface area contributed by atoms with E-state index in [1.165, 1.54) is 11.1 Å². The van der Waals surface area contributed by atoms with Crippen LogP contribution in [0.15, 0.2) is 42.2 Å². The topological polar surface area (TPSA) is 47.3 Å². The number of benzene rings is 1. The average molecular weight is 274 g/mol. The zero-order chi connectivity index (χ0) is 14.4. The highest BCUT2D eigenvalue weighted by Crippen LogP contribution is 2.39. The molecule has 0 aromatic heterocycles. The Labute approximate surface area is 122 Å². The Morgan fingerprint density at radius 2 is 1.95 bits per heavy atom. The third kappa shape index (κ3) is 2.74. The lowest BCUT2D eigenvalue weighted by Crippen LogP contribution is -2.52. The van der Waals surface area contributed by atoms with Crippen LogP contribution in [0.1, 0.15) is 45.1 Å². The molecule has 1 heterocycles. The summed E-state index contributed by atoms with van der Waals surface area (Å²) in [6, 6.07) is 10.8. The first-order valence-electron chi connectivity index (χ1n) is 7.60. The number of nitrogens with one attached hydrogen (secondary N) is 1. The van der Waals surface area contributed by atoms with E-state index >= 15 is 0 Å². The minimum Gasteiger partial charge on any atom is -0.501 e. The predicted octanol–water partition coefficient (Wildman–Crippen LogP) is 3.27. The van der Waals surface area contributed by atoms with E-state index in [0.717, 1.165) is 32.3 Å². The molecule has 1 atom stereocenters. The monoisotopic (exact) mass is 274 g/mol. The number of rotatable bonds is 6. The summed E-state index contributed by atoms with van der Waals surface area (Å²) in [5.74, 6) is 5.93. The lowest BCUT2D eigenvalue weighted by atomic mass is 9.67. The molecular weight excluding hydrogens is 248 g/mol. The first-order chi connectivity index (χ1) is 9.78. The summed E-state index contributed by atoms with van der Waals surface area (Å²) in [5, 5.41) is 0. The summed E-state index contributed by atoms with van der Waals surface area (Å²) < 4.78 is 5.53. The molecule has 1 aromatic carbocycles. The molecule has 1 aliphatic heterocycles. The molecule has 1 aromatic rings. The molecule has 0 saturated heterocycles. The molecule has 0 aliphatic carbocycles. The Kier molecular flexibility index (Phi) is 5.21. The Balaban J connectivity index is 2.42. The van der Waals surface area contributed by atoms with Crippen LogP contribution in [0.3, 0.4) is 0 Å². The van der Waals surface area contributed by atoms with Crippen molar-refractivity contribution in [3.8, 4) is 0 Å². The Morgan fingerprint density at radius 3 is 2.45 bits per heavy atom. The van der Waals surface area contributed by atoms with Crippen molar-refractivity contribution in [1.82, 2.24) is 5.43 Å². The van der Waals surface area contributed by atoms with Crippen LogP contribution in [-0.2, 0) is 10.2 Å². The fourth-order valence-electron chi connectivity index (χ4n) is 3.42. The van der Waals surface area contributed by atoms with E-state index < -0.39 is 0 Å². The van der Waals surface area contributed by atoms with Crippen LogP contribution < -0.4 is 11.3 Å². The summed E-state index contributed by atoms with van der Waals surface area (Å²) in [6.45, 7) is 5.30. The van der Waals surface area contributed by atoms with Gasteiger partial charge < -0.3 is 4.74 Å². The zero-order valence-electron chi connectivity index (χ0n) is 12.6. The summed E-state index contributed by atoms with van der Waals surface area (Å²) in [6.07, 6.45) is 6.13. The summed E-state index contributed by atoms with van der Waals surface area (Å²) in [5.41, 5.74) is 5.71. The maximum absolute atomic E-state index is 5.93. The van der Waals surface area contributed by atoms with Crippen LogP contribution in [-0.4, -0.2) is 12.6 Å². The zero-order valence-corrected chi connectivity index (χ0v) is 12.6. The summed E-state index contributed by atoms with van der Waals surface area (Å²) in [7, 11) is 0. The van der Waals surface area contributed by atoms with Gasteiger partial charge in [-0.25, -0.2) is 0 Å². The van der Waals surface area contributed by atoms with E-state index in [1.54, 1.807) is 0 Å². The second kappa shape index (κ2) is 6.91. The lowest BCUT2D eigenvalue weighted by Gasteiger charge is -2.41. The smallest absolute Gasteiger partial charge is 0.0876 e. The Bertz CT molecular complexity index is 438. The van der Waals surface area contributed by atoms with E-state index in [2.05, 4.69) is 49.6 Å². The van der Waals surface area contributed by atoms with Crippen molar-refractivity contribution in [2.75, 3.05) is 6.61 Å². The highest BCUT2D eigenvalue weighted by molar-refractivity contribution is 5.32. The molecule has 20 heavy (non-hydrogen) atoms. The normalized spacial score (nSPS) is 17.2. The SMILES string of the molecule is CCC(CC)(c1ccccc1)C(NN)C1=COCCC1. The molecule has 0 saturated carbocycles. The molecule has 0 fully saturated rings. The first-order valence-corrected chi connectivity index (χ1v) is 7.60. The van der Waals surface area contributed by atoms with Crippen LogP contribution >= 0.6 is 0 Å². The molecule has 3 N–H and O–H groups in total. The van der Waals surface area contributed by atoms with Crippen LogP contribution in [0.5, 0.6) is 0 Å². The van der Waals surface area contributed by atoms with E-state index in [9.17, 15) is 0 Å². The lowest BCUT2D eigenvalue weighted by molar-refractivity contribution is 0.205. The van der Waals surface area contributed by atoms with Crippen molar-refractivity contribution in [2.45, 2.75) is 51.0 Å². The van der Waals surface area contributed by atoms with Gasteiger partial charge in [-0.05, 0) is 36.8 Å². The van der Waals surface area contributed by atoms with Gasteiger partial charge in [0.05, 0.1) is 18.9 Å². The van der Waals surface area contributed by atoms with Crippen LogP contribution in [0.2, 0.25) is 0 Å². The highest BCUT2D eigenvalue weighted by atomic mass is 16.5. The van der Waals surface area contributed by atoms with E-state index in [4.69, 9.17) is 10.6 Å². The van der Waals surface area contributed by atoms with Gasteiger partial charge in [0.1, 0.15) is 0 Å². The third-order valence-corrected chi connectivity index (χ3v) is 4.66. The Morgan fingerprint density at radius 1 is 1.25 bits per heavy atom. The molecular formula is C17H26N2O. The number of hydrogen-bond donors (Lipinski definition) is 2. The van der Waals surface area contributed by atoms with E-state index in [0.29, 0.717) is 0 Å². The van der Waals surface area contributed by atoms with Gasteiger partial charge in [0.15, 0.2) is 0 Å². The van der Waals surface area contributed by atoms with Crippen LogP contribution in [0.25, 0.3) is 0 Å². The first kappa shape index (κ1) is 15.1. The van der Waals surface area contributed by atoms with E-state index in [1.807, 2.05) is 6.26 Å². The number of ether oxygens (including phenoxy) is 1. The second-order valence-electron chi connectivity index (χ2n) is 5.50. The van der Waals surface area contributed by atoms with Crippen molar-refractivity contribution >= 4 is 0 Å². The largest absolute Gasteiger partial charge is 0.501 e. The van der Waals surface area contributed by atoms with Gasteiger partial charge >= 0.3 is 0 Å². The highest BCUT2D eigenvalue weighted by Gasteiger charge is 2.39. The molecule has 0 bridgehead atoms. The van der Waals surface area contributed by atoms with Crippen LogP contribution in [0, 0.1) is 0 Å². The average Bonchev–Trinajstić information content (AvgIpc) is 2.54. The number of hydrogen-bond acceptors (Lipinski definition) is 3. The molecule has 3 heteroatoms. The van der Waals surface area contributed by atoms with Gasteiger partial charge in [-0.2, -0.15) is 0 Å². The third-order valence-electron chi connectivity index (χ3n) is 4.66. The van der Waals surface area contributed by atoms with Gasteiger partial charge in [0.2, 0.25) is 0 Å². The molecule has 1 unspecified atom stereocenters. The maximum atomic E-state index is 5.93. The molecule has 1 aliphatic rings. The molecule has 3 nitrogen and oxygen atoms in total. The number of hydrazine groups is 1. The summed E-state index contributed by atoms with van der Waals surface area (Å²) in [4.78, 5) is 0. The minimum atomic E-state index is 0.0164. The molecule has 0 radical (unpaired) electrons. The van der Waals surface area contributed by atoms with Crippen molar-refractivity contribution in [3.63, 3.8) is 0 Å². The fraction of sp³-hybridized carbons (Fsp3) is 0.529. The predicted molar refractivity (Wildman–Crippen MR) is 83.1 cm³/mol. The number of nitrogens with two attached hydrogens (primary N) is 1. The van der Waals surface area contributed by atoms with E-state index in [-0.39, 0.29) is 11.5 Å². The molecule has 2 rings (SSSR count). The van der Waals surface area contributed by atoms with Crippen molar-refractivity contribution in [2.24, 2.45) is 5.84 Å². The van der Waals surface area contributed by atoms with Gasteiger partial charge in [-0.3, -0.25) is 11.3 Å². The molecule has 0 spiro atoms.